The summed E-state index contributed by atoms with van der Waals surface area (Å²) in [5.41, 5.74) is -0.185. The van der Waals surface area contributed by atoms with Crippen LogP contribution < -0.4 is 4.90 Å². The molecule has 0 aromatic heterocycles. The zero-order chi connectivity index (χ0) is 25.1. The Morgan fingerprint density at radius 3 is 1.97 bits per heavy atom. The Morgan fingerprint density at radius 2 is 1.56 bits per heavy atom. The van der Waals surface area contributed by atoms with Crippen molar-refractivity contribution >= 4 is 22.8 Å². The van der Waals surface area contributed by atoms with Crippen molar-refractivity contribution in [2.45, 2.75) is 0 Å². The van der Waals surface area contributed by atoms with Crippen LogP contribution in [0.2, 0.25) is 0 Å². The molecule has 1 aromatic carbocycles. The maximum absolute atomic E-state index is 10.1. The van der Waals surface area contributed by atoms with Gasteiger partial charge in [0.1, 0.15) is 25.7 Å². The minimum absolute atomic E-state index is 0.120. The minimum atomic E-state index is -1.92. The molecule has 34 heavy (non-hydrogen) atoms. The van der Waals surface area contributed by atoms with Gasteiger partial charge in [0, 0.05) is 37.5 Å². The molecule has 0 fully saturated rings. The summed E-state index contributed by atoms with van der Waals surface area (Å²) in [6.45, 7) is 0. The third-order valence-electron chi connectivity index (χ3n) is 6.06. The molecule has 0 atom stereocenters. The molecule has 0 amide bonds. The van der Waals surface area contributed by atoms with Gasteiger partial charge in [-0.15, -0.1) is 0 Å². The fourth-order valence-corrected chi connectivity index (χ4v) is 4.22. The third-order valence-corrected chi connectivity index (χ3v) is 6.06. The summed E-state index contributed by atoms with van der Waals surface area (Å²) in [5, 5.41) is 47.8. The number of nitrogens with one attached hydrogen (secondary N) is 1. The molecule has 3 rings (SSSR count). The molecular weight excluding hydrogens is 422 g/mol. The molecular formula is C27H22N7+. The minimum Gasteiger partial charge on any atom is -0.378 e. The topological polar surface area (TPSA) is 125 Å². The van der Waals surface area contributed by atoms with Crippen LogP contribution in [0.15, 0.2) is 71.4 Å². The highest BCUT2D eigenvalue weighted by molar-refractivity contribution is 6.04. The monoisotopic (exact) mass is 444 g/mol. The summed E-state index contributed by atoms with van der Waals surface area (Å²) < 4.78 is 1.92. The predicted octanol–water partition coefficient (Wildman–Crippen LogP) is 3.53. The first-order valence-corrected chi connectivity index (χ1v) is 10.4. The molecule has 0 radical (unpaired) electrons. The first-order valence-electron chi connectivity index (χ1n) is 10.4. The second-order valence-electron chi connectivity index (χ2n) is 8.36. The van der Waals surface area contributed by atoms with Gasteiger partial charge in [-0.05, 0) is 35.2 Å². The Morgan fingerprint density at radius 1 is 0.971 bits per heavy atom. The molecule has 1 N–H and O–H groups in total. The number of benzene rings is 1. The van der Waals surface area contributed by atoms with Crippen LogP contribution in [0.1, 0.15) is 5.56 Å². The van der Waals surface area contributed by atoms with Crippen LogP contribution in [-0.2, 0) is 0 Å². The molecule has 0 unspecified atom stereocenters. The normalized spacial score (nSPS) is 19.8. The van der Waals surface area contributed by atoms with Crippen LogP contribution in [0.5, 0.6) is 0 Å². The van der Waals surface area contributed by atoms with Crippen molar-refractivity contribution in [1.82, 2.24) is 0 Å². The summed E-state index contributed by atoms with van der Waals surface area (Å²) in [6, 6.07) is 15.5. The fraction of sp³-hybridized carbons (Fsp3) is 0.222. The molecule has 0 saturated carbocycles. The largest absolute Gasteiger partial charge is 0.378 e. The Kier molecular flexibility index (Phi) is 6.21. The van der Waals surface area contributed by atoms with E-state index in [0.29, 0.717) is 5.57 Å². The standard InChI is InChI=1S/C27H22N7/c1-33(2)21-7-5-19(6-8-21)23-13-26(17-31,18-32)24(16-30)25(20(14-28)15-29)27(23)11-9-22(10-12-27)34(3)4/h5-13,28H,1-4H3/q+1. The van der Waals surface area contributed by atoms with E-state index in [1.165, 1.54) is 6.08 Å². The van der Waals surface area contributed by atoms with E-state index in [4.69, 9.17) is 5.41 Å². The first-order chi connectivity index (χ1) is 16.2. The second-order valence-corrected chi connectivity index (χ2v) is 8.36. The number of allylic oxidation sites excluding steroid dienone is 9. The van der Waals surface area contributed by atoms with E-state index in [2.05, 4.69) is 5.87 Å². The molecule has 1 aromatic rings. The molecule has 2 aliphatic carbocycles. The van der Waals surface area contributed by atoms with Crippen molar-refractivity contribution in [1.29, 1.82) is 26.5 Å². The molecule has 0 saturated heterocycles. The van der Waals surface area contributed by atoms with E-state index < -0.39 is 10.8 Å². The number of nitriles is 4. The van der Waals surface area contributed by atoms with Crippen LogP contribution >= 0.6 is 0 Å². The molecule has 0 heterocycles. The average Bonchev–Trinajstić information content (AvgIpc) is 2.86. The van der Waals surface area contributed by atoms with Crippen molar-refractivity contribution in [2.24, 2.45) is 10.8 Å². The molecule has 7 heteroatoms. The molecule has 1 spiro atoms. The summed E-state index contributed by atoms with van der Waals surface area (Å²) in [7, 11) is 7.63. The smallest absolute Gasteiger partial charge is 0.198 e. The van der Waals surface area contributed by atoms with Crippen LogP contribution in [0.3, 0.4) is 0 Å². The van der Waals surface area contributed by atoms with Gasteiger partial charge in [0.15, 0.2) is 11.1 Å². The lowest BCUT2D eigenvalue weighted by atomic mass is 9.58. The van der Waals surface area contributed by atoms with Gasteiger partial charge in [0.05, 0.1) is 29.2 Å². The van der Waals surface area contributed by atoms with Crippen LogP contribution in [0, 0.1) is 61.6 Å². The summed E-state index contributed by atoms with van der Waals surface area (Å²) in [4.78, 5) is 1.95. The number of rotatable bonds is 3. The van der Waals surface area contributed by atoms with E-state index in [0.717, 1.165) is 17.0 Å². The van der Waals surface area contributed by atoms with Gasteiger partial charge in [-0.2, -0.15) is 21.0 Å². The lowest BCUT2D eigenvalue weighted by Gasteiger charge is -2.40. The number of anilines is 1. The van der Waals surface area contributed by atoms with Crippen LogP contribution in [-0.4, -0.2) is 44.3 Å². The van der Waals surface area contributed by atoms with Gasteiger partial charge in [0.25, 0.3) is 0 Å². The molecule has 0 aliphatic heterocycles. The van der Waals surface area contributed by atoms with Crippen LogP contribution in [0.25, 0.3) is 5.57 Å². The molecule has 2 aliphatic rings. The number of hydrogen-bond donors (Lipinski definition) is 1. The van der Waals surface area contributed by atoms with Gasteiger partial charge in [-0.3, -0.25) is 5.41 Å². The third kappa shape index (κ3) is 3.54. The van der Waals surface area contributed by atoms with Gasteiger partial charge in [-0.1, -0.05) is 24.3 Å². The molecule has 7 nitrogen and oxygen atoms in total. The maximum Gasteiger partial charge on any atom is 0.198 e. The van der Waals surface area contributed by atoms with E-state index >= 15 is 0 Å². The average molecular weight is 445 g/mol. The number of hydrogen-bond acceptors (Lipinski definition) is 6. The Balaban J connectivity index is 2.50. The lowest BCUT2D eigenvalue weighted by molar-refractivity contribution is -0.462. The lowest BCUT2D eigenvalue weighted by Crippen LogP contribution is -2.35. The highest BCUT2D eigenvalue weighted by atomic mass is 15.1. The van der Waals surface area contributed by atoms with Crippen molar-refractivity contribution in [2.75, 3.05) is 33.1 Å². The van der Waals surface area contributed by atoms with Crippen molar-refractivity contribution in [3.8, 4) is 24.3 Å². The Labute approximate surface area is 199 Å². The van der Waals surface area contributed by atoms with Gasteiger partial charge in [0.2, 0.25) is 0 Å². The summed E-state index contributed by atoms with van der Waals surface area (Å²) >= 11 is 0. The summed E-state index contributed by atoms with van der Waals surface area (Å²) in [5.74, 6) is 2.13. The fourth-order valence-electron chi connectivity index (χ4n) is 4.22. The van der Waals surface area contributed by atoms with Crippen molar-refractivity contribution in [3.05, 3.63) is 76.9 Å². The van der Waals surface area contributed by atoms with E-state index in [1.807, 2.05) is 111 Å². The van der Waals surface area contributed by atoms with Crippen LogP contribution in [0.4, 0.5) is 5.69 Å². The molecule has 0 bridgehead atoms. The van der Waals surface area contributed by atoms with Gasteiger partial charge >= 0.3 is 0 Å². The predicted molar refractivity (Wildman–Crippen MR) is 130 cm³/mol. The zero-order valence-corrected chi connectivity index (χ0v) is 19.4. The first kappa shape index (κ1) is 23.7. The maximum atomic E-state index is 10.1. The van der Waals surface area contributed by atoms with Gasteiger partial charge in [-0.25, -0.2) is 4.58 Å². The second kappa shape index (κ2) is 8.90. The van der Waals surface area contributed by atoms with Crippen molar-refractivity contribution < 1.29 is 4.58 Å². The van der Waals surface area contributed by atoms with Gasteiger partial charge < -0.3 is 4.90 Å². The highest BCUT2D eigenvalue weighted by Gasteiger charge is 2.50. The van der Waals surface area contributed by atoms with Crippen molar-refractivity contribution in [3.63, 3.8) is 0 Å². The molecule has 164 valence electrons. The summed E-state index contributed by atoms with van der Waals surface area (Å²) in [6.07, 6.45) is 8.92. The van der Waals surface area contributed by atoms with E-state index in [-0.39, 0.29) is 16.7 Å². The quantitative estimate of drug-likeness (QED) is 0.434. The highest BCUT2D eigenvalue weighted by Crippen LogP contribution is 2.56. The zero-order valence-electron chi connectivity index (χ0n) is 19.4. The number of nitrogens with zero attached hydrogens (tertiary/aromatic N) is 6. The Bertz CT molecular complexity index is 1390. The Hall–Kier alpha value is -4.94. The SMILES string of the molecule is CN(C)c1ccc(C2=CC(C#N)(C#N)C(C#N)=C(C(=C=N)C#N)C23C=CC(=[N+](C)C)C=C3)cc1. The van der Waals surface area contributed by atoms with E-state index in [9.17, 15) is 21.0 Å². The van der Waals surface area contributed by atoms with E-state index in [1.54, 1.807) is 0 Å².